The summed E-state index contributed by atoms with van der Waals surface area (Å²) in [6.07, 6.45) is 7.64. The largest absolute Gasteiger partial charge is 0.315 e. The van der Waals surface area contributed by atoms with E-state index in [1.54, 1.807) is 0 Å². The van der Waals surface area contributed by atoms with E-state index in [-0.39, 0.29) is 5.38 Å². The fourth-order valence-corrected chi connectivity index (χ4v) is 2.10. The van der Waals surface area contributed by atoms with Crippen LogP contribution in [0, 0.1) is 0 Å². The van der Waals surface area contributed by atoms with E-state index in [9.17, 15) is 0 Å². The topological polar surface area (TPSA) is 90.1 Å². The minimum atomic E-state index is -1.43. The fourth-order valence-electron chi connectivity index (χ4n) is 1.69. The molecule has 0 fully saturated rings. The summed E-state index contributed by atoms with van der Waals surface area (Å²) in [6, 6.07) is 0. The van der Waals surface area contributed by atoms with Gasteiger partial charge in [0.05, 0.1) is 10.8 Å². The van der Waals surface area contributed by atoms with Crippen LogP contribution in [0.3, 0.4) is 0 Å². The minimum Gasteiger partial charge on any atom is -0.315 e. The Kier molecular flexibility index (Phi) is 10.5. The Balaban J connectivity index is 3.43. The molecule has 0 rings (SSSR count). The zero-order valence-electron chi connectivity index (χ0n) is 11.3. The molecule has 2 atom stereocenters. The number of unbranched alkanes of at least 4 members (excludes halogenated alkanes) is 5. The number of hydrogen-bond donors (Lipinski definition) is 4. The zero-order chi connectivity index (χ0) is 14.0. The maximum atomic E-state index is 6.06. The Morgan fingerprint density at radius 3 is 2.11 bits per heavy atom. The quantitative estimate of drug-likeness (QED) is 0.265. The Morgan fingerprint density at radius 2 is 1.56 bits per heavy atom. The zero-order valence-corrected chi connectivity index (χ0v) is 12.8. The first-order valence-corrected chi connectivity index (χ1v) is 7.62. The Labute approximate surface area is 121 Å². The van der Waals surface area contributed by atoms with Gasteiger partial charge in [-0.15, -0.1) is 23.2 Å². The van der Waals surface area contributed by atoms with Gasteiger partial charge in [0.1, 0.15) is 5.79 Å². The summed E-state index contributed by atoms with van der Waals surface area (Å²) in [5.41, 5.74) is 16.5. The second kappa shape index (κ2) is 10.2. The van der Waals surface area contributed by atoms with Crippen molar-refractivity contribution >= 4 is 23.2 Å². The van der Waals surface area contributed by atoms with Crippen molar-refractivity contribution in [3.05, 3.63) is 0 Å². The molecule has 6 heteroatoms. The maximum absolute atomic E-state index is 6.06. The molecular weight excluding hydrogens is 271 g/mol. The van der Waals surface area contributed by atoms with Crippen LogP contribution in [0.4, 0.5) is 0 Å². The van der Waals surface area contributed by atoms with Gasteiger partial charge in [-0.3, -0.25) is 17.2 Å². The summed E-state index contributed by atoms with van der Waals surface area (Å²) >= 11 is 12.0. The van der Waals surface area contributed by atoms with Crippen molar-refractivity contribution in [1.29, 1.82) is 0 Å². The van der Waals surface area contributed by atoms with E-state index in [2.05, 4.69) is 12.2 Å². The van der Waals surface area contributed by atoms with Gasteiger partial charge in [0.15, 0.2) is 0 Å². The van der Waals surface area contributed by atoms with Crippen LogP contribution in [0.15, 0.2) is 0 Å². The van der Waals surface area contributed by atoms with Gasteiger partial charge in [0.2, 0.25) is 0 Å². The van der Waals surface area contributed by atoms with E-state index in [4.69, 9.17) is 40.4 Å². The van der Waals surface area contributed by atoms with Crippen LogP contribution >= 0.6 is 23.2 Å². The van der Waals surface area contributed by atoms with Gasteiger partial charge < -0.3 is 5.32 Å². The summed E-state index contributed by atoms with van der Waals surface area (Å²) in [7, 11) is 0. The molecule has 0 bridgehead atoms. The minimum absolute atomic E-state index is 0.369. The second-order valence-electron chi connectivity index (χ2n) is 4.89. The number of alkyl halides is 2. The third-order valence-electron chi connectivity index (χ3n) is 2.84. The molecule has 4 nitrogen and oxygen atoms in total. The fraction of sp³-hybridized carbons (Fsp3) is 1.00. The lowest BCUT2D eigenvalue weighted by molar-refractivity contribution is 0.416. The molecule has 0 aromatic rings. The van der Waals surface area contributed by atoms with Crippen molar-refractivity contribution in [3.8, 4) is 0 Å². The van der Waals surface area contributed by atoms with Crippen LogP contribution in [-0.4, -0.2) is 29.6 Å². The predicted molar refractivity (Wildman–Crippen MR) is 80.8 cm³/mol. The van der Waals surface area contributed by atoms with Crippen LogP contribution in [0.2, 0.25) is 0 Å². The SMILES string of the molecule is CCCCCCCCNCC(Cl)C(Cl)C(N)(N)N. The van der Waals surface area contributed by atoms with Crippen molar-refractivity contribution in [1.82, 2.24) is 5.32 Å². The molecule has 110 valence electrons. The Morgan fingerprint density at radius 1 is 1.00 bits per heavy atom. The van der Waals surface area contributed by atoms with Crippen molar-refractivity contribution in [2.75, 3.05) is 13.1 Å². The number of nitrogens with two attached hydrogens (primary N) is 3. The molecule has 0 aliphatic carbocycles. The van der Waals surface area contributed by atoms with Crippen LogP contribution in [-0.2, 0) is 0 Å². The molecule has 0 spiro atoms. The lowest BCUT2D eigenvalue weighted by Gasteiger charge is -2.28. The van der Waals surface area contributed by atoms with Crippen molar-refractivity contribution < 1.29 is 0 Å². The molecule has 0 aromatic heterocycles. The first kappa shape index (κ1) is 18.4. The molecule has 18 heavy (non-hydrogen) atoms. The van der Waals surface area contributed by atoms with E-state index in [0.29, 0.717) is 6.54 Å². The second-order valence-corrected chi connectivity index (χ2v) is 5.92. The van der Waals surface area contributed by atoms with Crippen LogP contribution in [0.25, 0.3) is 0 Å². The molecule has 0 radical (unpaired) electrons. The van der Waals surface area contributed by atoms with Crippen molar-refractivity contribution in [2.24, 2.45) is 17.2 Å². The number of halogens is 2. The summed E-state index contributed by atoms with van der Waals surface area (Å²) in [5.74, 6) is -1.43. The molecule has 0 heterocycles. The lowest BCUT2D eigenvalue weighted by atomic mass is 10.1. The van der Waals surface area contributed by atoms with E-state index >= 15 is 0 Å². The van der Waals surface area contributed by atoms with Crippen LogP contribution in [0.5, 0.6) is 0 Å². The summed E-state index contributed by atoms with van der Waals surface area (Å²) in [6.45, 7) is 3.72. The molecular formula is C12H28Cl2N4. The molecule has 0 aliphatic rings. The van der Waals surface area contributed by atoms with Crippen molar-refractivity contribution in [3.63, 3.8) is 0 Å². The van der Waals surface area contributed by atoms with E-state index in [0.717, 1.165) is 13.0 Å². The van der Waals surface area contributed by atoms with E-state index in [1.807, 2.05) is 0 Å². The number of hydrogen-bond acceptors (Lipinski definition) is 4. The van der Waals surface area contributed by atoms with Gasteiger partial charge in [0.25, 0.3) is 0 Å². The highest BCUT2D eigenvalue weighted by atomic mass is 35.5. The maximum Gasteiger partial charge on any atom is 0.134 e. The highest BCUT2D eigenvalue weighted by molar-refractivity contribution is 6.30. The van der Waals surface area contributed by atoms with E-state index < -0.39 is 11.2 Å². The van der Waals surface area contributed by atoms with Crippen molar-refractivity contribution in [2.45, 2.75) is 62.0 Å². The van der Waals surface area contributed by atoms with Gasteiger partial charge in [-0.2, -0.15) is 0 Å². The standard InChI is InChI=1S/C12H28Cl2N4/c1-2-3-4-5-6-7-8-18-9-10(13)11(14)12(15,16)17/h10-11,18H,2-9,15-17H2,1H3. The highest BCUT2D eigenvalue weighted by Gasteiger charge is 2.30. The van der Waals surface area contributed by atoms with Gasteiger partial charge in [0, 0.05) is 6.54 Å². The smallest absolute Gasteiger partial charge is 0.134 e. The molecule has 0 saturated heterocycles. The van der Waals surface area contributed by atoms with Crippen LogP contribution < -0.4 is 22.5 Å². The normalized spacial score (nSPS) is 15.7. The van der Waals surface area contributed by atoms with Crippen LogP contribution in [0.1, 0.15) is 45.4 Å². The summed E-state index contributed by atoms with van der Waals surface area (Å²) < 4.78 is 0. The van der Waals surface area contributed by atoms with Gasteiger partial charge in [-0.1, -0.05) is 39.0 Å². The summed E-state index contributed by atoms with van der Waals surface area (Å²) in [5, 5.41) is 2.22. The molecule has 0 amide bonds. The van der Waals surface area contributed by atoms with Gasteiger partial charge >= 0.3 is 0 Å². The van der Waals surface area contributed by atoms with E-state index in [1.165, 1.54) is 32.1 Å². The summed E-state index contributed by atoms with van der Waals surface area (Å²) in [4.78, 5) is 0. The molecule has 2 unspecified atom stereocenters. The molecule has 0 saturated carbocycles. The van der Waals surface area contributed by atoms with Gasteiger partial charge in [-0.25, -0.2) is 0 Å². The predicted octanol–water partition coefficient (Wildman–Crippen LogP) is 1.68. The Bertz CT molecular complexity index is 197. The highest BCUT2D eigenvalue weighted by Crippen LogP contribution is 2.13. The Hall–Kier alpha value is 0.420. The molecule has 7 N–H and O–H groups in total. The number of nitrogens with one attached hydrogen (secondary N) is 1. The average molecular weight is 299 g/mol. The first-order chi connectivity index (χ1) is 8.39. The number of rotatable bonds is 11. The molecule has 0 aromatic carbocycles. The lowest BCUT2D eigenvalue weighted by Crippen LogP contribution is -2.67. The monoisotopic (exact) mass is 298 g/mol. The molecule has 0 aliphatic heterocycles. The average Bonchev–Trinajstić information content (AvgIpc) is 2.30. The first-order valence-electron chi connectivity index (χ1n) is 6.75. The third-order valence-corrected chi connectivity index (χ3v) is 4.06. The third kappa shape index (κ3) is 9.36. The van der Waals surface area contributed by atoms with Gasteiger partial charge in [-0.05, 0) is 13.0 Å².